The molecule has 1 heteroatoms. The van der Waals surface area contributed by atoms with Gasteiger partial charge >= 0.3 is 0 Å². The van der Waals surface area contributed by atoms with Crippen molar-refractivity contribution in [2.75, 3.05) is 6.54 Å². The van der Waals surface area contributed by atoms with Crippen LogP contribution in [0.5, 0.6) is 0 Å². The number of hydrogen-bond acceptors (Lipinski definition) is 1. The number of rotatable bonds is 5. The standard InChI is InChI=1S/C18H29N/c1-13(2)15(14-10-8-7-9-11-14)12-19-16-17(3,4)18(16,5)6/h7-11,13,15-16,19H,12H2,1-6H3. The van der Waals surface area contributed by atoms with Crippen molar-refractivity contribution in [1.82, 2.24) is 5.32 Å². The lowest BCUT2D eigenvalue weighted by molar-refractivity contribution is 0.439. The van der Waals surface area contributed by atoms with E-state index in [1.165, 1.54) is 5.56 Å². The summed E-state index contributed by atoms with van der Waals surface area (Å²) in [6.45, 7) is 15.2. The first-order valence-corrected chi connectivity index (χ1v) is 7.57. The zero-order valence-electron chi connectivity index (χ0n) is 13.3. The van der Waals surface area contributed by atoms with Gasteiger partial charge in [-0.2, -0.15) is 0 Å². The van der Waals surface area contributed by atoms with Crippen molar-refractivity contribution < 1.29 is 0 Å². The van der Waals surface area contributed by atoms with Gasteiger partial charge in [-0.3, -0.25) is 0 Å². The van der Waals surface area contributed by atoms with Crippen LogP contribution in [0.2, 0.25) is 0 Å². The molecule has 0 radical (unpaired) electrons. The number of nitrogens with one attached hydrogen (secondary N) is 1. The summed E-state index contributed by atoms with van der Waals surface area (Å²) in [4.78, 5) is 0. The Morgan fingerprint density at radius 3 is 1.95 bits per heavy atom. The van der Waals surface area contributed by atoms with Gasteiger partial charge in [0.25, 0.3) is 0 Å². The van der Waals surface area contributed by atoms with Crippen molar-refractivity contribution >= 4 is 0 Å². The predicted molar refractivity (Wildman–Crippen MR) is 83.4 cm³/mol. The third kappa shape index (κ3) is 2.58. The normalized spacial score (nSPS) is 22.5. The smallest absolute Gasteiger partial charge is 0.0181 e. The van der Waals surface area contributed by atoms with Crippen LogP contribution in [0, 0.1) is 16.7 Å². The molecule has 0 amide bonds. The van der Waals surface area contributed by atoms with Crippen LogP contribution in [0.4, 0.5) is 0 Å². The second kappa shape index (κ2) is 4.94. The van der Waals surface area contributed by atoms with Gasteiger partial charge in [-0.05, 0) is 28.2 Å². The molecule has 1 aromatic rings. The van der Waals surface area contributed by atoms with Gasteiger partial charge in [0.05, 0.1) is 0 Å². The van der Waals surface area contributed by atoms with E-state index in [2.05, 4.69) is 77.2 Å². The number of hydrogen-bond donors (Lipinski definition) is 1. The maximum atomic E-state index is 3.82. The first-order chi connectivity index (χ1) is 8.78. The lowest BCUT2D eigenvalue weighted by Gasteiger charge is -2.22. The summed E-state index contributed by atoms with van der Waals surface area (Å²) in [5.41, 5.74) is 2.30. The van der Waals surface area contributed by atoms with Crippen LogP contribution < -0.4 is 5.32 Å². The molecule has 1 atom stereocenters. The minimum Gasteiger partial charge on any atom is -0.312 e. The Labute approximate surface area is 118 Å². The highest BCUT2D eigenvalue weighted by Crippen LogP contribution is 2.62. The van der Waals surface area contributed by atoms with E-state index in [0.29, 0.717) is 28.7 Å². The Kier molecular flexibility index (Phi) is 3.79. The summed E-state index contributed by atoms with van der Waals surface area (Å²) >= 11 is 0. The molecule has 19 heavy (non-hydrogen) atoms. The molecule has 0 heterocycles. The zero-order valence-corrected chi connectivity index (χ0v) is 13.3. The Morgan fingerprint density at radius 1 is 1.00 bits per heavy atom. The van der Waals surface area contributed by atoms with Crippen LogP contribution in [0.25, 0.3) is 0 Å². The largest absolute Gasteiger partial charge is 0.312 e. The fraction of sp³-hybridized carbons (Fsp3) is 0.667. The topological polar surface area (TPSA) is 12.0 Å². The monoisotopic (exact) mass is 259 g/mol. The molecule has 0 aromatic heterocycles. The molecule has 0 spiro atoms. The van der Waals surface area contributed by atoms with E-state index in [-0.39, 0.29) is 0 Å². The van der Waals surface area contributed by atoms with Crippen LogP contribution in [0.1, 0.15) is 53.0 Å². The molecule has 1 aliphatic carbocycles. The molecule has 0 aliphatic heterocycles. The summed E-state index contributed by atoms with van der Waals surface area (Å²) in [6.07, 6.45) is 0. The fourth-order valence-corrected chi connectivity index (χ4v) is 3.39. The van der Waals surface area contributed by atoms with Crippen LogP contribution >= 0.6 is 0 Å². The first kappa shape index (κ1) is 14.6. The lowest BCUT2D eigenvalue weighted by atomic mass is 9.88. The van der Waals surface area contributed by atoms with Crippen LogP contribution in [0.3, 0.4) is 0 Å². The molecule has 1 N–H and O–H groups in total. The lowest BCUT2D eigenvalue weighted by Crippen LogP contribution is -2.29. The van der Waals surface area contributed by atoms with Gasteiger partial charge in [0.2, 0.25) is 0 Å². The minimum atomic E-state index is 0.422. The van der Waals surface area contributed by atoms with E-state index in [9.17, 15) is 0 Å². The SMILES string of the molecule is CC(C)C(CNC1C(C)(C)C1(C)C)c1ccccc1. The number of benzene rings is 1. The van der Waals surface area contributed by atoms with E-state index >= 15 is 0 Å². The van der Waals surface area contributed by atoms with Crippen molar-refractivity contribution in [3.63, 3.8) is 0 Å². The molecule has 1 aromatic carbocycles. The first-order valence-electron chi connectivity index (χ1n) is 7.57. The van der Waals surface area contributed by atoms with E-state index in [4.69, 9.17) is 0 Å². The quantitative estimate of drug-likeness (QED) is 0.823. The molecular weight excluding hydrogens is 230 g/mol. The van der Waals surface area contributed by atoms with Gasteiger partial charge in [-0.15, -0.1) is 0 Å². The summed E-state index contributed by atoms with van der Waals surface area (Å²) in [6, 6.07) is 11.6. The second-order valence-corrected chi connectivity index (χ2v) is 7.55. The Bertz CT molecular complexity index is 403. The zero-order chi connectivity index (χ0) is 14.3. The third-order valence-electron chi connectivity index (χ3n) is 5.60. The molecule has 106 valence electrons. The molecule has 0 bridgehead atoms. The minimum absolute atomic E-state index is 0.422. The Morgan fingerprint density at radius 2 is 1.53 bits per heavy atom. The summed E-state index contributed by atoms with van der Waals surface area (Å²) in [7, 11) is 0. The van der Waals surface area contributed by atoms with Gasteiger partial charge < -0.3 is 5.32 Å². The average Bonchev–Trinajstić information content (AvgIpc) is 2.72. The maximum absolute atomic E-state index is 3.82. The molecule has 0 saturated heterocycles. The van der Waals surface area contributed by atoms with Gasteiger partial charge in [-0.1, -0.05) is 71.9 Å². The Balaban J connectivity index is 2.01. The van der Waals surface area contributed by atoms with Crippen molar-refractivity contribution in [2.45, 2.75) is 53.5 Å². The fourth-order valence-electron chi connectivity index (χ4n) is 3.39. The molecule has 1 aliphatic rings. The van der Waals surface area contributed by atoms with Crippen molar-refractivity contribution in [3.8, 4) is 0 Å². The van der Waals surface area contributed by atoms with Crippen LogP contribution in [-0.2, 0) is 0 Å². The molecular formula is C18H29N. The van der Waals surface area contributed by atoms with Crippen molar-refractivity contribution in [3.05, 3.63) is 35.9 Å². The highest BCUT2D eigenvalue weighted by molar-refractivity contribution is 5.22. The molecule has 2 rings (SSSR count). The average molecular weight is 259 g/mol. The van der Waals surface area contributed by atoms with E-state index in [0.717, 1.165) is 6.54 Å². The Hall–Kier alpha value is -0.820. The molecule has 1 unspecified atom stereocenters. The van der Waals surface area contributed by atoms with Gasteiger partial charge in [-0.25, -0.2) is 0 Å². The van der Waals surface area contributed by atoms with Crippen molar-refractivity contribution in [1.29, 1.82) is 0 Å². The summed E-state index contributed by atoms with van der Waals surface area (Å²) in [5, 5.41) is 3.82. The molecule has 1 nitrogen and oxygen atoms in total. The van der Waals surface area contributed by atoms with Gasteiger partial charge in [0.15, 0.2) is 0 Å². The van der Waals surface area contributed by atoms with E-state index < -0.39 is 0 Å². The van der Waals surface area contributed by atoms with Crippen LogP contribution in [-0.4, -0.2) is 12.6 Å². The van der Waals surface area contributed by atoms with Crippen molar-refractivity contribution in [2.24, 2.45) is 16.7 Å². The van der Waals surface area contributed by atoms with E-state index in [1.807, 2.05) is 0 Å². The second-order valence-electron chi connectivity index (χ2n) is 7.55. The highest BCUT2D eigenvalue weighted by Gasteiger charge is 2.64. The predicted octanol–water partition coefficient (Wildman–Crippen LogP) is 4.45. The van der Waals surface area contributed by atoms with Crippen LogP contribution in [0.15, 0.2) is 30.3 Å². The summed E-state index contributed by atoms with van der Waals surface area (Å²) in [5.74, 6) is 1.27. The van der Waals surface area contributed by atoms with E-state index in [1.54, 1.807) is 0 Å². The summed E-state index contributed by atoms with van der Waals surface area (Å²) < 4.78 is 0. The molecule has 1 saturated carbocycles. The van der Waals surface area contributed by atoms with Gasteiger partial charge in [0.1, 0.15) is 0 Å². The third-order valence-corrected chi connectivity index (χ3v) is 5.60. The maximum Gasteiger partial charge on any atom is 0.0181 e. The highest BCUT2D eigenvalue weighted by atomic mass is 15.0. The molecule has 1 fully saturated rings. The van der Waals surface area contributed by atoms with Gasteiger partial charge in [0, 0.05) is 12.6 Å².